The van der Waals surface area contributed by atoms with E-state index >= 15 is 0 Å². The smallest absolute Gasteiger partial charge is 0.229 e. The number of carbonyl (C=O) groups excluding carboxylic acids is 2. The summed E-state index contributed by atoms with van der Waals surface area (Å²) in [5.74, 6) is -0.0916. The number of fused-ring (bicyclic) bond motifs is 1. The van der Waals surface area contributed by atoms with Crippen molar-refractivity contribution in [3.05, 3.63) is 65.7 Å². The van der Waals surface area contributed by atoms with Crippen molar-refractivity contribution in [2.75, 3.05) is 11.4 Å². The Hall–Kier alpha value is -2.62. The van der Waals surface area contributed by atoms with Crippen LogP contribution in [0, 0.1) is 0 Å². The number of benzene rings is 2. The molecule has 0 spiro atoms. The lowest BCUT2D eigenvalue weighted by Crippen LogP contribution is -2.35. The number of amides is 2. The molecule has 1 aliphatic rings. The van der Waals surface area contributed by atoms with Crippen LogP contribution in [0.5, 0.6) is 0 Å². The molecule has 4 nitrogen and oxygen atoms in total. The molecular formula is C19H20N2O2. The van der Waals surface area contributed by atoms with Crippen LogP contribution < -0.4 is 10.2 Å². The lowest BCUT2D eigenvalue weighted by atomic mass is 10.0. The fraction of sp³-hybridized carbons (Fsp3) is 0.263. The van der Waals surface area contributed by atoms with Crippen LogP contribution >= 0.6 is 0 Å². The SMILES string of the molecule is CC(=O)NC(CC(=O)N1CCc2ccccc21)c1ccccc1. The second-order valence-electron chi connectivity index (χ2n) is 5.79. The molecule has 1 aliphatic heterocycles. The maximum atomic E-state index is 12.7. The van der Waals surface area contributed by atoms with E-state index in [1.807, 2.05) is 53.4 Å². The van der Waals surface area contributed by atoms with Crippen LogP contribution in [0.2, 0.25) is 0 Å². The molecule has 0 saturated carbocycles. The minimum Gasteiger partial charge on any atom is -0.349 e. The molecule has 1 atom stereocenters. The Bertz CT molecular complexity index is 712. The summed E-state index contributed by atoms with van der Waals surface area (Å²) in [6.45, 7) is 2.19. The maximum absolute atomic E-state index is 12.7. The lowest BCUT2D eigenvalue weighted by Gasteiger charge is -2.22. The number of hydrogen-bond acceptors (Lipinski definition) is 2. The van der Waals surface area contributed by atoms with E-state index in [9.17, 15) is 9.59 Å². The van der Waals surface area contributed by atoms with Gasteiger partial charge in [-0.15, -0.1) is 0 Å². The molecular weight excluding hydrogens is 288 g/mol. The standard InChI is InChI=1S/C19H20N2O2/c1-14(22)20-17(15-7-3-2-4-8-15)13-19(23)21-12-11-16-9-5-6-10-18(16)21/h2-10,17H,11-13H2,1H3,(H,20,22). The fourth-order valence-corrected chi connectivity index (χ4v) is 3.07. The summed E-state index contributed by atoms with van der Waals surface area (Å²) in [6, 6.07) is 17.3. The molecule has 118 valence electrons. The largest absolute Gasteiger partial charge is 0.349 e. The number of rotatable bonds is 4. The number of nitrogens with one attached hydrogen (secondary N) is 1. The second kappa shape index (κ2) is 6.65. The second-order valence-corrected chi connectivity index (χ2v) is 5.79. The van der Waals surface area contributed by atoms with Gasteiger partial charge >= 0.3 is 0 Å². The average Bonchev–Trinajstić information content (AvgIpc) is 2.99. The Kier molecular flexibility index (Phi) is 4.42. The highest BCUT2D eigenvalue weighted by molar-refractivity contribution is 5.96. The quantitative estimate of drug-likeness (QED) is 0.944. The Morgan fingerprint density at radius 3 is 2.52 bits per heavy atom. The van der Waals surface area contributed by atoms with E-state index in [0.717, 1.165) is 17.7 Å². The van der Waals surface area contributed by atoms with E-state index in [-0.39, 0.29) is 24.3 Å². The van der Waals surface area contributed by atoms with Crippen molar-refractivity contribution in [3.8, 4) is 0 Å². The Morgan fingerprint density at radius 1 is 1.09 bits per heavy atom. The molecule has 1 unspecified atom stereocenters. The molecule has 0 fully saturated rings. The van der Waals surface area contributed by atoms with Crippen molar-refractivity contribution >= 4 is 17.5 Å². The van der Waals surface area contributed by atoms with E-state index in [2.05, 4.69) is 11.4 Å². The highest BCUT2D eigenvalue weighted by Crippen LogP contribution is 2.29. The molecule has 23 heavy (non-hydrogen) atoms. The van der Waals surface area contributed by atoms with Gasteiger partial charge in [0.05, 0.1) is 12.5 Å². The van der Waals surface area contributed by atoms with Crippen LogP contribution in [-0.2, 0) is 16.0 Å². The zero-order valence-corrected chi connectivity index (χ0v) is 13.2. The lowest BCUT2D eigenvalue weighted by molar-refractivity contribution is -0.121. The number of anilines is 1. The van der Waals surface area contributed by atoms with Gasteiger partial charge in [0.1, 0.15) is 0 Å². The molecule has 0 aliphatic carbocycles. The monoisotopic (exact) mass is 308 g/mol. The predicted octanol–water partition coefficient (Wildman–Crippen LogP) is 2.84. The predicted molar refractivity (Wildman–Crippen MR) is 90.1 cm³/mol. The average molecular weight is 308 g/mol. The molecule has 0 aromatic heterocycles. The molecule has 2 aromatic carbocycles. The van der Waals surface area contributed by atoms with Gasteiger partial charge in [0.2, 0.25) is 11.8 Å². The summed E-state index contributed by atoms with van der Waals surface area (Å²) in [4.78, 5) is 26.1. The van der Waals surface area contributed by atoms with Gasteiger partial charge < -0.3 is 10.2 Å². The Morgan fingerprint density at radius 2 is 1.78 bits per heavy atom. The third-order valence-electron chi connectivity index (χ3n) is 4.15. The van der Waals surface area contributed by atoms with Gasteiger partial charge in [-0.3, -0.25) is 9.59 Å². The topological polar surface area (TPSA) is 49.4 Å². The summed E-state index contributed by atoms with van der Waals surface area (Å²) >= 11 is 0. The Labute approximate surface area is 136 Å². The summed E-state index contributed by atoms with van der Waals surface area (Å²) < 4.78 is 0. The van der Waals surface area contributed by atoms with Gasteiger partial charge in [-0.2, -0.15) is 0 Å². The van der Waals surface area contributed by atoms with E-state index in [1.54, 1.807) is 0 Å². The van der Waals surface area contributed by atoms with E-state index < -0.39 is 0 Å². The number of carbonyl (C=O) groups is 2. The van der Waals surface area contributed by atoms with Gasteiger partial charge in [0.25, 0.3) is 0 Å². The summed E-state index contributed by atoms with van der Waals surface area (Å²) in [6.07, 6.45) is 1.15. The highest BCUT2D eigenvalue weighted by atomic mass is 16.2. The summed E-state index contributed by atoms with van der Waals surface area (Å²) in [5, 5.41) is 2.89. The van der Waals surface area contributed by atoms with Crippen molar-refractivity contribution in [1.29, 1.82) is 0 Å². The van der Waals surface area contributed by atoms with Gasteiger partial charge in [-0.05, 0) is 23.6 Å². The normalized spacial score (nSPS) is 14.2. The van der Waals surface area contributed by atoms with Gasteiger partial charge in [-0.25, -0.2) is 0 Å². The minimum absolute atomic E-state index is 0.0394. The van der Waals surface area contributed by atoms with Crippen LogP contribution in [0.3, 0.4) is 0 Å². The Balaban J connectivity index is 1.78. The first-order chi connectivity index (χ1) is 11.1. The van der Waals surface area contributed by atoms with E-state index in [4.69, 9.17) is 0 Å². The third kappa shape index (κ3) is 3.42. The fourth-order valence-electron chi connectivity index (χ4n) is 3.07. The first kappa shape index (κ1) is 15.3. The molecule has 4 heteroatoms. The van der Waals surface area contributed by atoms with Crippen LogP contribution in [0.1, 0.15) is 30.5 Å². The van der Waals surface area contributed by atoms with E-state index in [0.29, 0.717) is 6.54 Å². The first-order valence-electron chi connectivity index (χ1n) is 7.85. The summed E-state index contributed by atoms with van der Waals surface area (Å²) in [5.41, 5.74) is 3.15. The van der Waals surface area contributed by atoms with Gasteiger partial charge in [-0.1, -0.05) is 48.5 Å². The molecule has 0 bridgehead atoms. The van der Waals surface area contributed by atoms with E-state index in [1.165, 1.54) is 12.5 Å². The van der Waals surface area contributed by atoms with Crippen molar-refractivity contribution in [1.82, 2.24) is 5.32 Å². The van der Waals surface area contributed by atoms with Crippen LogP contribution in [-0.4, -0.2) is 18.4 Å². The summed E-state index contributed by atoms with van der Waals surface area (Å²) in [7, 11) is 0. The van der Waals surface area contributed by atoms with Crippen molar-refractivity contribution in [3.63, 3.8) is 0 Å². The molecule has 1 heterocycles. The molecule has 0 saturated heterocycles. The zero-order chi connectivity index (χ0) is 16.2. The third-order valence-corrected chi connectivity index (χ3v) is 4.15. The number of hydrogen-bond donors (Lipinski definition) is 1. The number of nitrogens with zero attached hydrogens (tertiary/aromatic N) is 1. The zero-order valence-electron chi connectivity index (χ0n) is 13.2. The number of para-hydroxylation sites is 1. The van der Waals surface area contributed by atoms with Crippen molar-refractivity contribution in [2.24, 2.45) is 0 Å². The molecule has 2 aromatic rings. The van der Waals surface area contributed by atoms with Crippen LogP contribution in [0.4, 0.5) is 5.69 Å². The first-order valence-corrected chi connectivity index (χ1v) is 7.85. The van der Waals surface area contributed by atoms with Gasteiger partial charge in [0.15, 0.2) is 0 Å². The van der Waals surface area contributed by atoms with Crippen LogP contribution in [0.15, 0.2) is 54.6 Å². The highest BCUT2D eigenvalue weighted by Gasteiger charge is 2.27. The minimum atomic E-state index is -0.297. The van der Waals surface area contributed by atoms with Crippen LogP contribution in [0.25, 0.3) is 0 Å². The molecule has 3 rings (SSSR count). The van der Waals surface area contributed by atoms with Crippen molar-refractivity contribution < 1.29 is 9.59 Å². The van der Waals surface area contributed by atoms with Gasteiger partial charge in [0, 0.05) is 19.2 Å². The molecule has 0 radical (unpaired) electrons. The maximum Gasteiger partial charge on any atom is 0.229 e. The molecule has 1 N–H and O–H groups in total. The van der Waals surface area contributed by atoms with Crippen molar-refractivity contribution in [2.45, 2.75) is 25.8 Å². The molecule has 2 amide bonds.